The molecule has 0 aliphatic rings. The highest BCUT2D eigenvalue weighted by molar-refractivity contribution is 8.13. The topological polar surface area (TPSA) is 127 Å². The van der Waals surface area contributed by atoms with E-state index in [0.717, 1.165) is 11.8 Å². The van der Waals surface area contributed by atoms with Gasteiger partial charge in [0.05, 0.1) is 12.8 Å². The van der Waals surface area contributed by atoms with Crippen molar-refractivity contribution in [3.63, 3.8) is 0 Å². The molecule has 0 fully saturated rings. The Morgan fingerprint density at radius 1 is 1.45 bits per heavy atom. The van der Waals surface area contributed by atoms with Crippen molar-refractivity contribution in [2.45, 2.75) is 6.42 Å². The number of guanidine groups is 1. The number of thioether (sulfide) groups is 1. The van der Waals surface area contributed by atoms with E-state index < -0.39 is 0 Å². The maximum absolute atomic E-state index is 11.7. The molecule has 0 unspecified atom stereocenters. The first kappa shape index (κ1) is 15.8. The van der Waals surface area contributed by atoms with E-state index in [1.54, 1.807) is 18.2 Å². The number of amidine groups is 1. The molecule has 1 rings (SSSR count). The highest BCUT2D eigenvalue weighted by atomic mass is 32.2. The fraction of sp³-hybridized carbons (Fsp3) is 0.250. The summed E-state index contributed by atoms with van der Waals surface area (Å²) in [5.74, 6) is 0.679. The Hall–Kier alpha value is -2.22. The first-order chi connectivity index (χ1) is 9.52. The van der Waals surface area contributed by atoms with Crippen LogP contribution in [0.2, 0.25) is 0 Å². The molecule has 0 bridgehead atoms. The average Bonchev–Trinajstić information content (AvgIpc) is 2.38. The number of hydrogen-bond donors (Lipinski definition) is 4. The highest BCUT2D eigenvalue weighted by Crippen LogP contribution is 2.23. The third-order valence-electron chi connectivity index (χ3n) is 2.18. The van der Waals surface area contributed by atoms with Gasteiger partial charge in [0.2, 0.25) is 5.91 Å². The van der Waals surface area contributed by atoms with Crippen LogP contribution in [0, 0.1) is 5.41 Å². The van der Waals surface area contributed by atoms with Gasteiger partial charge >= 0.3 is 0 Å². The van der Waals surface area contributed by atoms with Crippen LogP contribution >= 0.6 is 11.8 Å². The van der Waals surface area contributed by atoms with Crippen molar-refractivity contribution >= 4 is 34.5 Å². The van der Waals surface area contributed by atoms with Crippen LogP contribution in [0.3, 0.4) is 0 Å². The van der Waals surface area contributed by atoms with Crippen molar-refractivity contribution in [1.29, 1.82) is 5.41 Å². The fourth-order valence-electron chi connectivity index (χ4n) is 1.35. The molecule has 0 aliphatic heterocycles. The quantitative estimate of drug-likeness (QED) is 0.475. The number of ether oxygens (including phenoxy) is 1. The minimum absolute atomic E-state index is 0.0184. The van der Waals surface area contributed by atoms with Crippen LogP contribution in [0.1, 0.15) is 6.42 Å². The van der Waals surface area contributed by atoms with Gasteiger partial charge in [-0.2, -0.15) is 4.99 Å². The van der Waals surface area contributed by atoms with Crippen molar-refractivity contribution in [3.8, 4) is 5.75 Å². The highest BCUT2D eigenvalue weighted by Gasteiger charge is 2.07. The predicted octanol–water partition coefficient (Wildman–Crippen LogP) is 0.965. The van der Waals surface area contributed by atoms with Gasteiger partial charge in [-0.1, -0.05) is 23.9 Å². The number of para-hydroxylation sites is 2. The molecule has 0 aliphatic carbocycles. The molecule has 0 atom stereocenters. The lowest BCUT2D eigenvalue weighted by Crippen LogP contribution is -2.23. The molecule has 8 heteroatoms. The number of nitrogens with zero attached hydrogens (tertiary/aromatic N) is 1. The van der Waals surface area contributed by atoms with Crippen LogP contribution in [-0.2, 0) is 4.79 Å². The normalized spacial score (nSPS) is 9.65. The molecule has 1 aromatic carbocycles. The van der Waals surface area contributed by atoms with E-state index in [0.29, 0.717) is 17.2 Å². The van der Waals surface area contributed by atoms with Gasteiger partial charge in [0.15, 0.2) is 11.1 Å². The van der Waals surface area contributed by atoms with Gasteiger partial charge in [-0.15, -0.1) is 0 Å². The summed E-state index contributed by atoms with van der Waals surface area (Å²) in [5.41, 5.74) is 10.9. The van der Waals surface area contributed by atoms with Crippen molar-refractivity contribution < 1.29 is 9.53 Å². The maximum Gasteiger partial charge on any atom is 0.225 e. The van der Waals surface area contributed by atoms with Crippen LogP contribution in [0.4, 0.5) is 5.69 Å². The maximum atomic E-state index is 11.7. The molecule has 0 saturated heterocycles. The van der Waals surface area contributed by atoms with Crippen LogP contribution in [0.15, 0.2) is 29.3 Å². The van der Waals surface area contributed by atoms with E-state index in [9.17, 15) is 4.79 Å². The molecular weight excluding hydrogens is 278 g/mol. The summed E-state index contributed by atoms with van der Waals surface area (Å²) >= 11 is 1.10. The molecule has 0 radical (unpaired) electrons. The Labute approximate surface area is 121 Å². The molecule has 0 spiro atoms. The van der Waals surface area contributed by atoms with E-state index in [2.05, 4.69) is 10.3 Å². The zero-order chi connectivity index (χ0) is 15.0. The summed E-state index contributed by atoms with van der Waals surface area (Å²) < 4.78 is 5.13. The van der Waals surface area contributed by atoms with E-state index in [1.807, 2.05) is 6.07 Å². The molecule has 20 heavy (non-hydrogen) atoms. The zero-order valence-corrected chi connectivity index (χ0v) is 11.9. The number of aliphatic imine (C=N–C) groups is 1. The van der Waals surface area contributed by atoms with Crippen LogP contribution < -0.4 is 21.5 Å². The summed E-state index contributed by atoms with van der Waals surface area (Å²) in [6.45, 7) is 0. The third kappa shape index (κ3) is 5.61. The number of anilines is 1. The molecule has 7 nitrogen and oxygen atoms in total. The van der Waals surface area contributed by atoms with Gasteiger partial charge in [-0.3, -0.25) is 10.2 Å². The number of carbonyl (C=O) groups excluding carboxylic acids is 1. The summed E-state index contributed by atoms with van der Waals surface area (Å²) in [7, 11) is 1.54. The standard InChI is InChI=1S/C12H17N5O2S/c1-19-9-5-3-2-4-8(9)16-10(18)6-7-20-12(15)17-11(13)14/h2-5H,6-7H2,1H3,(H,16,18)(H5,13,14,15,17). The van der Waals surface area contributed by atoms with E-state index >= 15 is 0 Å². The summed E-state index contributed by atoms with van der Waals surface area (Å²) in [5, 5.41) is 10.1. The number of amides is 1. The van der Waals surface area contributed by atoms with Crippen molar-refractivity contribution in [1.82, 2.24) is 0 Å². The van der Waals surface area contributed by atoms with Crippen molar-refractivity contribution in [3.05, 3.63) is 24.3 Å². The van der Waals surface area contributed by atoms with Crippen LogP contribution in [0.25, 0.3) is 0 Å². The van der Waals surface area contributed by atoms with Gasteiger partial charge in [0.1, 0.15) is 5.75 Å². The monoisotopic (exact) mass is 295 g/mol. The largest absolute Gasteiger partial charge is 0.495 e. The van der Waals surface area contributed by atoms with Gasteiger partial charge < -0.3 is 21.5 Å². The minimum Gasteiger partial charge on any atom is -0.495 e. The Balaban J connectivity index is 2.41. The number of carbonyl (C=O) groups is 1. The number of methoxy groups -OCH3 is 1. The minimum atomic E-state index is -0.167. The first-order valence-electron chi connectivity index (χ1n) is 5.76. The first-order valence-corrected chi connectivity index (χ1v) is 6.75. The lowest BCUT2D eigenvalue weighted by Gasteiger charge is -2.09. The van der Waals surface area contributed by atoms with Gasteiger partial charge in [0.25, 0.3) is 0 Å². The molecule has 1 aromatic rings. The smallest absolute Gasteiger partial charge is 0.225 e. The number of hydrogen-bond acceptors (Lipinski definition) is 4. The lowest BCUT2D eigenvalue weighted by molar-refractivity contribution is -0.115. The Morgan fingerprint density at radius 3 is 2.80 bits per heavy atom. The molecular formula is C12H17N5O2S. The molecule has 0 saturated carbocycles. The van der Waals surface area contributed by atoms with Gasteiger partial charge in [-0.25, -0.2) is 0 Å². The number of rotatable bonds is 5. The number of nitrogens with two attached hydrogens (primary N) is 2. The number of nitrogens with one attached hydrogen (secondary N) is 2. The van der Waals surface area contributed by atoms with Crippen molar-refractivity contribution in [2.75, 3.05) is 18.2 Å². The fourth-order valence-corrected chi connectivity index (χ4v) is 2.00. The average molecular weight is 295 g/mol. The summed E-state index contributed by atoms with van der Waals surface area (Å²) in [6, 6.07) is 7.15. The second kappa shape index (κ2) is 8.05. The summed E-state index contributed by atoms with van der Waals surface area (Å²) in [6.07, 6.45) is 0.241. The second-order valence-corrected chi connectivity index (χ2v) is 4.77. The van der Waals surface area contributed by atoms with Gasteiger partial charge in [-0.05, 0) is 12.1 Å². The Kier molecular flexibility index (Phi) is 6.38. The lowest BCUT2D eigenvalue weighted by atomic mass is 10.3. The van der Waals surface area contributed by atoms with Crippen LogP contribution in [-0.4, -0.2) is 29.9 Å². The Morgan fingerprint density at radius 2 is 2.15 bits per heavy atom. The van der Waals surface area contributed by atoms with Crippen molar-refractivity contribution in [2.24, 2.45) is 16.5 Å². The summed E-state index contributed by atoms with van der Waals surface area (Å²) in [4.78, 5) is 15.3. The predicted molar refractivity (Wildman–Crippen MR) is 82.2 cm³/mol. The molecule has 108 valence electrons. The molecule has 6 N–H and O–H groups in total. The molecule has 0 aromatic heterocycles. The number of benzene rings is 1. The van der Waals surface area contributed by atoms with E-state index in [4.69, 9.17) is 21.6 Å². The van der Waals surface area contributed by atoms with E-state index in [-0.39, 0.29) is 23.5 Å². The van der Waals surface area contributed by atoms with E-state index in [1.165, 1.54) is 7.11 Å². The zero-order valence-electron chi connectivity index (χ0n) is 11.1. The van der Waals surface area contributed by atoms with Crippen LogP contribution in [0.5, 0.6) is 5.75 Å². The SMILES string of the molecule is COc1ccccc1NC(=O)CCSC(=N)N=C(N)N. The van der Waals surface area contributed by atoms with Gasteiger partial charge in [0, 0.05) is 12.2 Å². The molecule has 1 amide bonds. The second-order valence-electron chi connectivity index (χ2n) is 3.69. The Bertz CT molecular complexity index is 514. The molecule has 0 heterocycles. The third-order valence-corrected chi connectivity index (χ3v) is 2.95.